The fourth-order valence-electron chi connectivity index (χ4n) is 2.85. The van der Waals surface area contributed by atoms with Crippen LogP contribution in [0.3, 0.4) is 0 Å². The van der Waals surface area contributed by atoms with Crippen molar-refractivity contribution in [2.45, 2.75) is 25.7 Å². The van der Waals surface area contributed by atoms with Crippen LogP contribution in [0.15, 0.2) is 35.8 Å². The lowest BCUT2D eigenvalue weighted by molar-refractivity contribution is 0.674. The second-order valence-electron chi connectivity index (χ2n) is 5.11. The molecule has 4 rings (SSSR count). The fraction of sp³-hybridized carbons (Fsp3) is 0.429. The van der Waals surface area contributed by atoms with Crippen molar-refractivity contribution in [2.24, 2.45) is 0 Å². The third kappa shape index (κ3) is 1.60. The monoisotopic (exact) mass is 240 g/mol. The Balaban J connectivity index is 1.64. The van der Waals surface area contributed by atoms with Crippen LogP contribution < -0.4 is 4.90 Å². The van der Waals surface area contributed by atoms with Gasteiger partial charge in [0.1, 0.15) is 5.52 Å². The Morgan fingerprint density at radius 1 is 0.944 bits per heavy atom. The number of nitrogens with zero attached hydrogens (tertiary/aromatic N) is 4. The molecule has 0 bridgehead atoms. The zero-order valence-electron chi connectivity index (χ0n) is 10.3. The normalized spacial score (nSPS) is 19.7. The van der Waals surface area contributed by atoms with Crippen LogP contribution in [-0.2, 0) is 0 Å². The highest BCUT2D eigenvalue weighted by atomic mass is 15.3. The summed E-state index contributed by atoms with van der Waals surface area (Å²) >= 11 is 0. The molecule has 3 heterocycles. The summed E-state index contributed by atoms with van der Waals surface area (Å²) in [4.78, 5) is 6.93. The van der Waals surface area contributed by atoms with Crippen molar-refractivity contribution in [2.75, 3.05) is 18.0 Å². The predicted octanol–water partition coefficient (Wildman–Crippen LogP) is 2.42. The quantitative estimate of drug-likeness (QED) is 0.718. The van der Waals surface area contributed by atoms with Crippen LogP contribution in [0.1, 0.15) is 25.7 Å². The van der Waals surface area contributed by atoms with E-state index in [4.69, 9.17) is 0 Å². The van der Waals surface area contributed by atoms with E-state index in [0.29, 0.717) is 0 Å². The number of rotatable bonds is 1. The molecule has 0 N–H and O–H groups in total. The van der Waals surface area contributed by atoms with Crippen LogP contribution in [-0.4, -0.2) is 27.7 Å². The summed E-state index contributed by atoms with van der Waals surface area (Å²) < 4.78 is 1.90. The predicted molar refractivity (Wildman–Crippen MR) is 70.7 cm³/mol. The molecule has 1 aliphatic heterocycles. The van der Waals surface area contributed by atoms with Gasteiger partial charge in [0.2, 0.25) is 0 Å². The first-order valence-corrected chi connectivity index (χ1v) is 6.65. The second-order valence-corrected chi connectivity index (χ2v) is 5.11. The number of hydrogen-bond donors (Lipinski definition) is 0. The van der Waals surface area contributed by atoms with Gasteiger partial charge in [-0.15, -0.1) is 0 Å². The van der Waals surface area contributed by atoms with Gasteiger partial charge in [0.15, 0.2) is 5.82 Å². The SMILES string of the molecule is c1cn2nccc2c(N2CCC(=C3CC3)CC2)n1. The maximum atomic E-state index is 4.54. The maximum absolute atomic E-state index is 4.54. The first-order chi connectivity index (χ1) is 8.92. The molecule has 0 aromatic carbocycles. The van der Waals surface area contributed by atoms with Gasteiger partial charge in [-0.05, 0) is 31.7 Å². The molecule has 2 fully saturated rings. The first-order valence-electron chi connectivity index (χ1n) is 6.65. The Labute approximate surface area is 106 Å². The van der Waals surface area contributed by atoms with Crippen molar-refractivity contribution in [1.82, 2.24) is 14.6 Å². The summed E-state index contributed by atoms with van der Waals surface area (Å²) in [6.07, 6.45) is 10.7. The van der Waals surface area contributed by atoms with Crippen LogP contribution in [0, 0.1) is 0 Å². The molecule has 2 aliphatic rings. The molecule has 0 atom stereocenters. The van der Waals surface area contributed by atoms with Crippen molar-refractivity contribution in [3.63, 3.8) is 0 Å². The van der Waals surface area contributed by atoms with Crippen molar-refractivity contribution in [3.8, 4) is 0 Å². The standard InChI is InChI=1S/C14H16N4/c1-2-11(1)12-4-8-17(9-5-12)14-13-3-6-16-18(13)10-7-15-14/h3,6-7,10H,1-2,4-5,8-9H2. The largest absolute Gasteiger partial charge is 0.354 e. The molecule has 2 aromatic heterocycles. The van der Waals surface area contributed by atoms with Gasteiger partial charge in [-0.1, -0.05) is 11.1 Å². The van der Waals surface area contributed by atoms with Gasteiger partial charge in [0.05, 0.1) is 6.20 Å². The van der Waals surface area contributed by atoms with E-state index < -0.39 is 0 Å². The van der Waals surface area contributed by atoms with Crippen molar-refractivity contribution in [3.05, 3.63) is 35.8 Å². The van der Waals surface area contributed by atoms with Gasteiger partial charge in [-0.2, -0.15) is 5.10 Å². The molecule has 18 heavy (non-hydrogen) atoms. The molecule has 2 aromatic rings. The Morgan fingerprint density at radius 3 is 2.50 bits per heavy atom. The zero-order chi connectivity index (χ0) is 11.9. The highest BCUT2D eigenvalue weighted by molar-refractivity contribution is 5.68. The van der Waals surface area contributed by atoms with Gasteiger partial charge in [-0.25, -0.2) is 9.50 Å². The summed E-state index contributed by atoms with van der Waals surface area (Å²) in [5.74, 6) is 1.08. The molecule has 1 saturated heterocycles. The lowest BCUT2D eigenvalue weighted by atomic mass is 10.0. The molecule has 0 unspecified atom stereocenters. The average molecular weight is 240 g/mol. The number of fused-ring (bicyclic) bond motifs is 1. The fourth-order valence-corrected chi connectivity index (χ4v) is 2.85. The number of piperidine rings is 1. The summed E-state index contributed by atoms with van der Waals surface area (Å²) in [5, 5.41) is 4.27. The molecule has 1 saturated carbocycles. The van der Waals surface area contributed by atoms with Crippen LogP contribution >= 0.6 is 0 Å². The van der Waals surface area contributed by atoms with Crippen LogP contribution in [0.2, 0.25) is 0 Å². The molecule has 0 amide bonds. The van der Waals surface area contributed by atoms with E-state index in [1.54, 1.807) is 11.1 Å². The van der Waals surface area contributed by atoms with Crippen molar-refractivity contribution >= 4 is 11.3 Å². The topological polar surface area (TPSA) is 33.4 Å². The lowest BCUT2D eigenvalue weighted by Gasteiger charge is -2.29. The van der Waals surface area contributed by atoms with Gasteiger partial charge in [0, 0.05) is 25.5 Å². The Hall–Kier alpha value is -1.84. The molecule has 92 valence electrons. The first kappa shape index (κ1) is 10.1. The summed E-state index contributed by atoms with van der Waals surface area (Å²) in [7, 11) is 0. The van der Waals surface area contributed by atoms with E-state index in [-0.39, 0.29) is 0 Å². The summed E-state index contributed by atoms with van der Waals surface area (Å²) in [6, 6.07) is 2.04. The van der Waals surface area contributed by atoms with Gasteiger partial charge in [-0.3, -0.25) is 0 Å². The highest BCUT2D eigenvalue weighted by Gasteiger charge is 2.23. The second kappa shape index (κ2) is 3.83. The van der Waals surface area contributed by atoms with E-state index in [0.717, 1.165) is 24.4 Å². The van der Waals surface area contributed by atoms with Crippen LogP contribution in [0.25, 0.3) is 5.52 Å². The summed E-state index contributed by atoms with van der Waals surface area (Å²) in [5.41, 5.74) is 4.55. The number of aromatic nitrogens is 3. The number of allylic oxidation sites excluding steroid dienone is 1. The number of hydrogen-bond acceptors (Lipinski definition) is 3. The molecule has 0 spiro atoms. The Morgan fingerprint density at radius 2 is 1.72 bits per heavy atom. The van der Waals surface area contributed by atoms with Crippen molar-refractivity contribution in [1.29, 1.82) is 0 Å². The third-order valence-corrected chi connectivity index (χ3v) is 3.97. The third-order valence-electron chi connectivity index (χ3n) is 3.97. The molecule has 4 heteroatoms. The minimum Gasteiger partial charge on any atom is -0.354 e. The summed E-state index contributed by atoms with van der Waals surface area (Å²) in [6.45, 7) is 2.19. The van der Waals surface area contributed by atoms with E-state index >= 15 is 0 Å². The van der Waals surface area contributed by atoms with E-state index in [9.17, 15) is 0 Å². The minimum atomic E-state index is 1.08. The van der Waals surface area contributed by atoms with Gasteiger partial charge in [0.25, 0.3) is 0 Å². The number of anilines is 1. The van der Waals surface area contributed by atoms with Crippen molar-refractivity contribution < 1.29 is 0 Å². The Bertz CT molecular complexity index is 610. The maximum Gasteiger partial charge on any atom is 0.154 e. The van der Waals surface area contributed by atoms with E-state index in [1.807, 2.05) is 29.2 Å². The highest BCUT2D eigenvalue weighted by Crippen LogP contribution is 2.36. The average Bonchev–Trinajstić information content (AvgIpc) is 3.16. The Kier molecular flexibility index (Phi) is 2.15. The molecule has 1 aliphatic carbocycles. The van der Waals surface area contributed by atoms with Gasteiger partial charge < -0.3 is 4.90 Å². The van der Waals surface area contributed by atoms with Crippen LogP contribution in [0.4, 0.5) is 5.82 Å². The smallest absolute Gasteiger partial charge is 0.154 e. The lowest BCUT2D eigenvalue weighted by Crippen LogP contribution is -2.31. The zero-order valence-corrected chi connectivity index (χ0v) is 10.3. The van der Waals surface area contributed by atoms with Gasteiger partial charge >= 0.3 is 0 Å². The van der Waals surface area contributed by atoms with E-state index in [2.05, 4.69) is 15.0 Å². The molecule has 4 nitrogen and oxygen atoms in total. The van der Waals surface area contributed by atoms with Crippen LogP contribution in [0.5, 0.6) is 0 Å². The van der Waals surface area contributed by atoms with E-state index in [1.165, 1.54) is 25.7 Å². The molecular weight excluding hydrogens is 224 g/mol. The molecule has 0 radical (unpaired) electrons. The molecular formula is C14H16N4. The minimum absolute atomic E-state index is 1.08.